The second-order valence-electron chi connectivity index (χ2n) is 4.69. The number of para-hydroxylation sites is 2. The lowest BCUT2D eigenvalue weighted by molar-refractivity contribution is 0.630. The van der Waals surface area contributed by atoms with Crippen LogP contribution in [-0.4, -0.2) is 15.0 Å². The number of anilines is 1. The van der Waals surface area contributed by atoms with E-state index < -0.39 is 0 Å². The molecule has 0 amide bonds. The first kappa shape index (κ1) is 12.3. The van der Waals surface area contributed by atoms with Gasteiger partial charge >= 0.3 is 0 Å². The molecule has 4 nitrogen and oxygen atoms in total. The number of benzene rings is 2. The molecule has 0 bridgehead atoms. The third kappa shape index (κ3) is 2.34. The van der Waals surface area contributed by atoms with Crippen molar-refractivity contribution in [1.29, 1.82) is 0 Å². The molecule has 0 saturated carbocycles. The van der Waals surface area contributed by atoms with Crippen molar-refractivity contribution in [3.05, 3.63) is 54.1 Å². The summed E-state index contributed by atoms with van der Waals surface area (Å²) in [5.41, 5.74) is 2.76. The van der Waals surface area contributed by atoms with Crippen LogP contribution in [0, 0.1) is 5.82 Å². The van der Waals surface area contributed by atoms with E-state index in [9.17, 15) is 4.39 Å². The van der Waals surface area contributed by atoms with E-state index in [2.05, 4.69) is 20.3 Å². The van der Waals surface area contributed by atoms with Crippen LogP contribution in [0.5, 0.6) is 0 Å². The molecule has 0 spiro atoms. The second-order valence-corrected chi connectivity index (χ2v) is 5.72. The highest BCUT2D eigenvalue weighted by atomic mass is 32.1. The molecule has 2 N–H and O–H groups in total. The van der Waals surface area contributed by atoms with Gasteiger partial charge in [-0.25, -0.2) is 14.4 Å². The molecule has 0 atom stereocenters. The van der Waals surface area contributed by atoms with Gasteiger partial charge in [-0.15, -0.1) is 0 Å². The highest BCUT2D eigenvalue weighted by molar-refractivity contribution is 7.22. The van der Waals surface area contributed by atoms with E-state index in [1.54, 1.807) is 6.07 Å². The molecule has 6 heteroatoms. The second kappa shape index (κ2) is 4.82. The number of imidazole rings is 1. The number of hydrogen-bond donors (Lipinski definition) is 2. The molecule has 0 aliphatic carbocycles. The van der Waals surface area contributed by atoms with Crippen LogP contribution in [-0.2, 0) is 6.54 Å². The van der Waals surface area contributed by atoms with E-state index in [0.717, 1.165) is 32.2 Å². The minimum Gasteiger partial charge on any atom is -0.354 e. The van der Waals surface area contributed by atoms with Crippen molar-refractivity contribution in [1.82, 2.24) is 15.0 Å². The van der Waals surface area contributed by atoms with E-state index in [-0.39, 0.29) is 5.82 Å². The Morgan fingerprint density at radius 2 is 2.00 bits per heavy atom. The third-order valence-corrected chi connectivity index (χ3v) is 4.17. The summed E-state index contributed by atoms with van der Waals surface area (Å²) in [6.07, 6.45) is 0. The number of halogens is 1. The molecule has 4 rings (SSSR count). The summed E-state index contributed by atoms with van der Waals surface area (Å²) in [6.45, 7) is 0.553. The molecule has 0 fully saturated rings. The van der Waals surface area contributed by atoms with Gasteiger partial charge < -0.3 is 10.3 Å². The molecule has 0 unspecified atom stereocenters. The molecular formula is C15H11FN4S. The lowest BCUT2D eigenvalue weighted by atomic mass is 10.3. The molecule has 0 aliphatic rings. The van der Waals surface area contributed by atoms with Gasteiger partial charge in [0, 0.05) is 0 Å². The molecule has 2 aromatic heterocycles. The zero-order valence-electron chi connectivity index (χ0n) is 10.9. The number of hydrogen-bond acceptors (Lipinski definition) is 4. The monoisotopic (exact) mass is 298 g/mol. The summed E-state index contributed by atoms with van der Waals surface area (Å²) >= 11 is 1.43. The van der Waals surface area contributed by atoms with Crippen LogP contribution in [0.25, 0.3) is 21.3 Å². The predicted molar refractivity (Wildman–Crippen MR) is 83.0 cm³/mol. The van der Waals surface area contributed by atoms with Crippen molar-refractivity contribution in [3.63, 3.8) is 0 Å². The summed E-state index contributed by atoms with van der Waals surface area (Å²) in [5, 5.41) is 3.98. The Morgan fingerprint density at radius 1 is 1.10 bits per heavy atom. The first-order valence-electron chi connectivity index (χ1n) is 6.51. The Bertz CT molecular complexity index is 895. The number of H-pyrrole nitrogens is 1. The highest BCUT2D eigenvalue weighted by Gasteiger charge is 2.06. The van der Waals surface area contributed by atoms with Gasteiger partial charge in [-0.3, -0.25) is 0 Å². The SMILES string of the molecule is Fc1ccc2nc(NCc3nc4ccccc4[nH]3)sc2c1. The van der Waals surface area contributed by atoms with E-state index in [4.69, 9.17) is 0 Å². The predicted octanol–water partition coefficient (Wildman–Crippen LogP) is 3.92. The molecule has 21 heavy (non-hydrogen) atoms. The first-order valence-corrected chi connectivity index (χ1v) is 7.33. The number of fused-ring (bicyclic) bond motifs is 2. The standard InChI is InChI=1S/C15H11FN4S/c16-9-5-6-12-13(7-9)21-15(20-12)17-8-14-18-10-3-1-2-4-11(10)19-14/h1-7H,8H2,(H,17,20)(H,18,19). The zero-order chi connectivity index (χ0) is 14.2. The summed E-state index contributed by atoms with van der Waals surface area (Å²) in [5.74, 6) is 0.608. The van der Waals surface area contributed by atoms with Gasteiger partial charge in [0.2, 0.25) is 0 Å². The highest BCUT2D eigenvalue weighted by Crippen LogP contribution is 2.26. The fourth-order valence-corrected chi connectivity index (χ4v) is 3.11. The van der Waals surface area contributed by atoms with Crippen LogP contribution in [0.3, 0.4) is 0 Å². The first-order chi connectivity index (χ1) is 10.3. The number of rotatable bonds is 3. The topological polar surface area (TPSA) is 53.6 Å². The average Bonchev–Trinajstić information content (AvgIpc) is 3.07. The minimum absolute atomic E-state index is 0.241. The Hall–Kier alpha value is -2.47. The maximum atomic E-state index is 13.2. The number of aromatic nitrogens is 3. The maximum absolute atomic E-state index is 13.2. The van der Waals surface area contributed by atoms with Crippen LogP contribution in [0.2, 0.25) is 0 Å². The number of aromatic amines is 1. The lowest BCUT2D eigenvalue weighted by Gasteiger charge is -1.97. The molecule has 4 aromatic rings. The lowest BCUT2D eigenvalue weighted by Crippen LogP contribution is -2.00. The quantitative estimate of drug-likeness (QED) is 0.602. The third-order valence-electron chi connectivity index (χ3n) is 3.20. The van der Waals surface area contributed by atoms with E-state index in [1.807, 2.05) is 24.3 Å². The van der Waals surface area contributed by atoms with Crippen molar-refractivity contribution < 1.29 is 4.39 Å². The Balaban J connectivity index is 1.57. The number of nitrogens with one attached hydrogen (secondary N) is 2. The van der Waals surface area contributed by atoms with E-state index >= 15 is 0 Å². The Kier molecular flexibility index (Phi) is 2.82. The van der Waals surface area contributed by atoms with Crippen molar-refractivity contribution >= 4 is 37.7 Å². The maximum Gasteiger partial charge on any atom is 0.184 e. The van der Waals surface area contributed by atoms with E-state index in [1.165, 1.54) is 23.5 Å². The molecule has 0 aliphatic heterocycles. The molecule has 2 heterocycles. The Morgan fingerprint density at radius 3 is 2.90 bits per heavy atom. The van der Waals surface area contributed by atoms with Crippen LogP contribution in [0.15, 0.2) is 42.5 Å². The van der Waals surface area contributed by atoms with Gasteiger partial charge in [0.15, 0.2) is 5.13 Å². The number of nitrogens with zero attached hydrogens (tertiary/aromatic N) is 2. The summed E-state index contributed by atoms with van der Waals surface area (Å²) in [6, 6.07) is 12.5. The Labute approximate surface area is 123 Å². The van der Waals surface area contributed by atoms with Crippen molar-refractivity contribution in [2.45, 2.75) is 6.54 Å². The van der Waals surface area contributed by atoms with Crippen molar-refractivity contribution in [2.24, 2.45) is 0 Å². The van der Waals surface area contributed by atoms with Crippen LogP contribution in [0.1, 0.15) is 5.82 Å². The normalized spacial score (nSPS) is 11.3. The fraction of sp³-hybridized carbons (Fsp3) is 0.0667. The fourth-order valence-electron chi connectivity index (χ4n) is 2.22. The van der Waals surface area contributed by atoms with Gasteiger partial charge in [-0.2, -0.15) is 0 Å². The number of thiazole rings is 1. The summed E-state index contributed by atoms with van der Waals surface area (Å²) in [4.78, 5) is 12.2. The average molecular weight is 298 g/mol. The summed E-state index contributed by atoms with van der Waals surface area (Å²) in [7, 11) is 0. The molecular weight excluding hydrogens is 287 g/mol. The van der Waals surface area contributed by atoms with Gasteiger partial charge in [0.1, 0.15) is 11.6 Å². The van der Waals surface area contributed by atoms with Gasteiger partial charge in [-0.1, -0.05) is 23.5 Å². The molecule has 104 valence electrons. The van der Waals surface area contributed by atoms with E-state index in [0.29, 0.717) is 6.54 Å². The van der Waals surface area contributed by atoms with Crippen LogP contribution < -0.4 is 5.32 Å². The minimum atomic E-state index is -0.241. The van der Waals surface area contributed by atoms with Crippen LogP contribution >= 0.6 is 11.3 Å². The summed E-state index contributed by atoms with van der Waals surface area (Å²) < 4.78 is 14.0. The van der Waals surface area contributed by atoms with Crippen molar-refractivity contribution in [2.75, 3.05) is 5.32 Å². The molecule has 2 aromatic carbocycles. The van der Waals surface area contributed by atoms with Gasteiger partial charge in [0.05, 0.1) is 27.8 Å². The van der Waals surface area contributed by atoms with Crippen molar-refractivity contribution in [3.8, 4) is 0 Å². The van der Waals surface area contributed by atoms with Gasteiger partial charge in [-0.05, 0) is 30.3 Å². The van der Waals surface area contributed by atoms with Crippen LogP contribution in [0.4, 0.5) is 9.52 Å². The van der Waals surface area contributed by atoms with Gasteiger partial charge in [0.25, 0.3) is 0 Å². The zero-order valence-corrected chi connectivity index (χ0v) is 11.7. The largest absolute Gasteiger partial charge is 0.354 e. The molecule has 0 saturated heterocycles. The smallest absolute Gasteiger partial charge is 0.184 e. The molecule has 0 radical (unpaired) electrons.